The molecule has 1 saturated carbocycles. The molecule has 28 heavy (non-hydrogen) atoms. The number of hydrazone groups is 1. The van der Waals surface area contributed by atoms with Gasteiger partial charge in [-0.2, -0.15) is 13.5 Å². The molecule has 1 N–H and O–H groups in total. The predicted octanol–water partition coefficient (Wildman–Crippen LogP) is 3.15. The van der Waals surface area contributed by atoms with Crippen molar-refractivity contribution in [3.05, 3.63) is 29.8 Å². The number of hydrogen-bond acceptors (Lipinski definition) is 5. The molecule has 2 aliphatic rings. The van der Waals surface area contributed by atoms with Gasteiger partial charge in [0.1, 0.15) is 5.60 Å². The van der Waals surface area contributed by atoms with Crippen LogP contribution in [-0.4, -0.2) is 44.3 Å². The molecule has 1 amide bonds. The lowest BCUT2D eigenvalue weighted by molar-refractivity contribution is 0.0279. The van der Waals surface area contributed by atoms with E-state index in [0.29, 0.717) is 30.5 Å². The molecular formula is C20H29N3O4S. The van der Waals surface area contributed by atoms with Crippen molar-refractivity contribution in [2.24, 2.45) is 22.9 Å². The summed E-state index contributed by atoms with van der Waals surface area (Å²) in [4.78, 5) is 16.6. The van der Waals surface area contributed by atoms with Crippen LogP contribution in [0, 0.1) is 24.7 Å². The number of benzene rings is 1. The maximum Gasteiger partial charge on any atom is 0.410 e. The van der Waals surface area contributed by atoms with Crippen LogP contribution < -0.4 is 4.83 Å². The fraction of sp³-hybridized carbons (Fsp3) is 0.600. The fourth-order valence-electron chi connectivity index (χ4n) is 4.06. The molecule has 154 valence electrons. The van der Waals surface area contributed by atoms with Crippen molar-refractivity contribution in [3.63, 3.8) is 0 Å². The van der Waals surface area contributed by atoms with Crippen LogP contribution in [0.1, 0.15) is 39.2 Å². The van der Waals surface area contributed by atoms with Gasteiger partial charge in [0.05, 0.1) is 4.90 Å². The average molecular weight is 408 g/mol. The quantitative estimate of drug-likeness (QED) is 0.613. The van der Waals surface area contributed by atoms with Crippen molar-refractivity contribution in [2.75, 3.05) is 13.1 Å². The summed E-state index contributed by atoms with van der Waals surface area (Å²) < 4.78 is 30.2. The Morgan fingerprint density at radius 3 is 2.39 bits per heavy atom. The molecule has 1 aliphatic heterocycles. The molecule has 0 spiro atoms. The second-order valence-corrected chi connectivity index (χ2v) is 10.4. The first-order chi connectivity index (χ1) is 13.0. The lowest BCUT2D eigenvalue weighted by Gasteiger charge is -2.25. The van der Waals surface area contributed by atoms with Crippen molar-refractivity contribution in [1.29, 1.82) is 0 Å². The number of nitrogens with zero attached hydrogens (tertiary/aromatic N) is 2. The van der Waals surface area contributed by atoms with E-state index in [4.69, 9.17) is 4.74 Å². The Morgan fingerprint density at radius 2 is 1.82 bits per heavy atom. The van der Waals surface area contributed by atoms with Gasteiger partial charge in [-0.3, -0.25) is 0 Å². The Balaban J connectivity index is 1.52. The Hall–Kier alpha value is -2.09. The van der Waals surface area contributed by atoms with Gasteiger partial charge in [0.25, 0.3) is 10.0 Å². The molecule has 2 atom stereocenters. The van der Waals surface area contributed by atoms with Gasteiger partial charge in [0.15, 0.2) is 0 Å². The maximum absolute atomic E-state index is 12.4. The third kappa shape index (κ3) is 4.84. The lowest BCUT2D eigenvalue weighted by Crippen LogP contribution is -2.36. The minimum absolute atomic E-state index is 0.218. The summed E-state index contributed by atoms with van der Waals surface area (Å²) in [7, 11) is -3.66. The summed E-state index contributed by atoms with van der Waals surface area (Å²) >= 11 is 0. The van der Waals surface area contributed by atoms with E-state index in [9.17, 15) is 13.2 Å². The van der Waals surface area contributed by atoms with Gasteiger partial charge in [0, 0.05) is 19.3 Å². The standard InChI is InChI=1S/C20H29N3O4S/c1-14-7-5-6-8-18(14)28(25,26)22-21-11-15-9-16-12-23(13-17(16)10-15)19(24)27-20(2,3)4/h5-8,11,15-17,22H,9-10,12-13H2,1-4H3/b21-11+. The number of ether oxygens (including phenoxy) is 1. The molecule has 3 rings (SSSR count). The minimum Gasteiger partial charge on any atom is -0.444 e. The number of likely N-dealkylation sites (tertiary alicyclic amines) is 1. The number of carbonyl (C=O) groups is 1. The highest BCUT2D eigenvalue weighted by atomic mass is 32.2. The molecule has 1 saturated heterocycles. The Bertz CT molecular complexity index is 846. The van der Waals surface area contributed by atoms with Crippen LogP contribution >= 0.6 is 0 Å². The molecule has 0 aromatic heterocycles. The smallest absolute Gasteiger partial charge is 0.410 e. The van der Waals surface area contributed by atoms with E-state index in [0.717, 1.165) is 12.8 Å². The number of carbonyl (C=O) groups excluding carboxylic acids is 1. The van der Waals surface area contributed by atoms with E-state index in [2.05, 4.69) is 9.93 Å². The summed E-state index contributed by atoms with van der Waals surface area (Å²) in [6, 6.07) is 6.82. The molecule has 8 heteroatoms. The summed E-state index contributed by atoms with van der Waals surface area (Å²) in [6.45, 7) is 8.75. The van der Waals surface area contributed by atoms with Crippen molar-refractivity contribution in [1.82, 2.24) is 9.73 Å². The number of nitrogens with one attached hydrogen (secondary N) is 1. The molecule has 2 unspecified atom stereocenters. The zero-order valence-electron chi connectivity index (χ0n) is 16.9. The van der Waals surface area contributed by atoms with Gasteiger partial charge in [-0.15, -0.1) is 0 Å². The van der Waals surface area contributed by atoms with E-state index in [1.54, 1.807) is 42.3 Å². The number of sulfonamides is 1. The van der Waals surface area contributed by atoms with E-state index in [1.807, 2.05) is 20.8 Å². The van der Waals surface area contributed by atoms with Gasteiger partial charge in [-0.25, -0.2) is 9.63 Å². The summed E-state index contributed by atoms with van der Waals surface area (Å²) in [6.07, 6.45) is 3.25. The summed E-state index contributed by atoms with van der Waals surface area (Å²) in [5.74, 6) is 1.05. The Kier molecular flexibility index (Phi) is 5.70. The molecule has 1 aromatic carbocycles. The topological polar surface area (TPSA) is 88.1 Å². The minimum atomic E-state index is -3.66. The first kappa shape index (κ1) is 20.6. The summed E-state index contributed by atoms with van der Waals surface area (Å²) in [5.41, 5.74) is 0.195. The molecule has 1 heterocycles. The van der Waals surface area contributed by atoms with Crippen molar-refractivity contribution < 1.29 is 17.9 Å². The van der Waals surface area contributed by atoms with Crippen LogP contribution in [0.25, 0.3) is 0 Å². The Labute approximate surface area is 167 Å². The van der Waals surface area contributed by atoms with Crippen LogP contribution in [-0.2, 0) is 14.8 Å². The van der Waals surface area contributed by atoms with Crippen LogP contribution in [0.2, 0.25) is 0 Å². The predicted molar refractivity (Wildman–Crippen MR) is 108 cm³/mol. The van der Waals surface area contributed by atoms with E-state index in [1.165, 1.54) is 0 Å². The number of amides is 1. The second-order valence-electron chi connectivity index (χ2n) is 8.78. The number of fused-ring (bicyclic) bond motifs is 1. The first-order valence-electron chi connectivity index (χ1n) is 9.64. The number of rotatable bonds is 4. The van der Waals surface area contributed by atoms with E-state index < -0.39 is 15.6 Å². The molecule has 0 radical (unpaired) electrons. The van der Waals surface area contributed by atoms with Gasteiger partial charge in [0.2, 0.25) is 0 Å². The zero-order chi connectivity index (χ0) is 20.5. The van der Waals surface area contributed by atoms with Crippen LogP contribution in [0.4, 0.5) is 4.79 Å². The van der Waals surface area contributed by atoms with E-state index in [-0.39, 0.29) is 16.9 Å². The fourth-order valence-corrected chi connectivity index (χ4v) is 5.10. The third-order valence-corrected chi connectivity index (χ3v) is 6.66. The SMILES string of the molecule is Cc1ccccc1S(=O)(=O)N/N=C/C1CC2CN(C(=O)OC(C)(C)C)CC2C1. The van der Waals surface area contributed by atoms with Gasteiger partial charge < -0.3 is 9.64 Å². The lowest BCUT2D eigenvalue weighted by atomic mass is 10.0. The van der Waals surface area contributed by atoms with Crippen LogP contribution in [0.3, 0.4) is 0 Å². The third-order valence-electron chi connectivity index (χ3n) is 5.28. The largest absolute Gasteiger partial charge is 0.444 e. The van der Waals surface area contributed by atoms with Crippen molar-refractivity contribution in [3.8, 4) is 0 Å². The highest BCUT2D eigenvalue weighted by Crippen LogP contribution is 2.41. The monoisotopic (exact) mass is 407 g/mol. The van der Waals surface area contributed by atoms with Gasteiger partial charge in [-0.05, 0) is 69.9 Å². The maximum atomic E-state index is 12.4. The molecule has 1 aliphatic carbocycles. The molecule has 0 bridgehead atoms. The summed E-state index contributed by atoms with van der Waals surface area (Å²) in [5, 5.41) is 4.00. The number of aryl methyl sites for hydroxylation is 1. The number of hydrogen-bond donors (Lipinski definition) is 1. The van der Waals surface area contributed by atoms with Crippen LogP contribution in [0.5, 0.6) is 0 Å². The molecule has 2 fully saturated rings. The molecule has 1 aromatic rings. The van der Waals surface area contributed by atoms with E-state index >= 15 is 0 Å². The highest BCUT2D eigenvalue weighted by molar-refractivity contribution is 7.89. The van der Waals surface area contributed by atoms with Crippen molar-refractivity contribution in [2.45, 2.75) is 51.0 Å². The van der Waals surface area contributed by atoms with Gasteiger partial charge >= 0.3 is 6.09 Å². The zero-order valence-corrected chi connectivity index (χ0v) is 17.7. The van der Waals surface area contributed by atoms with Crippen LogP contribution in [0.15, 0.2) is 34.3 Å². The highest BCUT2D eigenvalue weighted by Gasteiger charge is 2.42. The average Bonchev–Trinajstić information content (AvgIpc) is 3.12. The first-order valence-corrected chi connectivity index (χ1v) is 11.1. The second kappa shape index (κ2) is 7.73. The Morgan fingerprint density at radius 1 is 1.21 bits per heavy atom. The van der Waals surface area contributed by atoms with Crippen molar-refractivity contribution >= 4 is 22.3 Å². The normalized spacial score (nSPS) is 25.1. The molecule has 7 nitrogen and oxygen atoms in total. The van der Waals surface area contributed by atoms with Gasteiger partial charge in [-0.1, -0.05) is 18.2 Å². The molecular weight excluding hydrogens is 378 g/mol.